The minimum absolute atomic E-state index is 0.916. The van der Waals surface area contributed by atoms with E-state index in [1.807, 2.05) is 0 Å². The third-order valence-corrected chi connectivity index (χ3v) is 9.41. The lowest BCUT2D eigenvalue weighted by molar-refractivity contribution is 1.14. The van der Waals surface area contributed by atoms with Gasteiger partial charge in [0.05, 0.1) is 28.3 Å². The Kier molecular flexibility index (Phi) is 7.26. The van der Waals surface area contributed by atoms with Gasteiger partial charge in [0.25, 0.3) is 0 Å². The number of aryl methyl sites for hydroxylation is 4. The fraction of sp³-hybridized carbons (Fsp3) is 0.316. The topological polar surface area (TPSA) is 57.4 Å². The molecule has 2 N–H and O–H groups in total. The van der Waals surface area contributed by atoms with Crippen LogP contribution in [-0.4, -0.2) is 19.9 Å². The summed E-state index contributed by atoms with van der Waals surface area (Å²) in [6.07, 6.45) is 3.76. The fourth-order valence-electron chi connectivity index (χ4n) is 7.05. The van der Waals surface area contributed by atoms with Crippen LogP contribution in [0, 0.1) is 13.8 Å². The fourth-order valence-corrected chi connectivity index (χ4v) is 7.05. The molecule has 5 heterocycles. The smallest absolute Gasteiger partial charge is 0.0769 e. The SMILES string of the molecule is CCC1=C(C)c2cc3nc(c(-c4ccccc4)c4[nH]c(cc5[nH]c(cc1n2)c(CC)c5C)c(CC)c4C)C(C)=C3CC. The van der Waals surface area contributed by atoms with Crippen LogP contribution in [0.5, 0.6) is 0 Å². The molecule has 3 aromatic heterocycles. The number of nitrogens with zero attached hydrogens (tertiary/aromatic N) is 2. The van der Waals surface area contributed by atoms with Crippen molar-refractivity contribution < 1.29 is 0 Å². The van der Waals surface area contributed by atoms with Gasteiger partial charge in [-0.1, -0.05) is 58.0 Å². The zero-order chi connectivity index (χ0) is 29.7. The van der Waals surface area contributed by atoms with Crippen molar-refractivity contribution >= 4 is 44.4 Å². The van der Waals surface area contributed by atoms with E-state index >= 15 is 0 Å². The number of aromatic amines is 2. The first-order chi connectivity index (χ1) is 20.3. The van der Waals surface area contributed by atoms with E-state index in [-0.39, 0.29) is 0 Å². The summed E-state index contributed by atoms with van der Waals surface area (Å²) >= 11 is 0. The minimum Gasteiger partial charge on any atom is -0.355 e. The van der Waals surface area contributed by atoms with E-state index < -0.39 is 0 Å². The summed E-state index contributed by atoms with van der Waals surface area (Å²) < 4.78 is 0. The third kappa shape index (κ3) is 4.36. The Morgan fingerprint density at radius 2 is 1.19 bits per heavy atom. The van der Waals surface area contributed by atoms with Crippen LogP contribution >= 0.6 is 0 Å². The zero-order valence-electron chi connectivity index (χ0n) is 26.3. The van der Waals surface area contributed by atoms with E-state index in [9.17, 15) is 0 Å². The normalized spacial score (nSPS) is 13.4. The minimum atomic E-state index is 0.916. The van der Waals surface area contributed by atoms with Crippen molar-refractivity contribution in [2.24, 2.45) is 0 Å². The Morgan fingerprint density at radius 1 is 0.571 bits per heavy atom. The Balaban J connectivity index is 1.89. The second kappa shape index (κ2) is 10.9. The number of rotatable bonds is 5. The molecular formula is C38H42N4. The van der Waals surface area contributed by atoms with Crippen LogP contribution in [0.15, 0.2) is 48.5 Å². The molecule has 0 unspecified atom stereocenters. The summed E-state index contributed by atoms with van der Waals surface area (Å²) in [6.45, 7) is 17.9. The maximum atomic E-state index is 5.40. The molecule has 6 rings (SSSR count). The summed E-state index contributed by atoms with van der Waals surface area (Å²) in [6, 6.07) is 17.5. The molecule has 0 spiro atoms. The van der Waals surface area contributed by atoms with Crippen molar-refractivity contribution in [1.82, 2.24) is 19.9 Å². The standard InChI is InChI=1S/C38H42N4/c1-9-26-21(5)30-18-34-28(11-3)23(7)37(41-34)36(25-16-14-13-15-17-25)38-24(8)29(12-4)35(42-38)19-31-22(6)27(10-2)33(40-31)20-32(26)39-30/h13-20,39,41H,9-12H2,1-8H3. The van der Waals surface area contributed by atoms with Crippen molar-refractivity contribution in [1.29, 1.82) is 0 Å². The molecule has 4 aromatic rings. The summed E-state index contributed by atoms with van der Waals surface area (Å²) in [4.78, 5) is 18.3. The van der Waals surface area contributed by atoms with Gasteiger partial charge >= 0.3 is 0 Å². The molecule has 4 nitrogen and oxygen atoms in total. The van der Waals surface area contributed by atoms with Crippen LogP contribution in [0.25, 0.3) is 55.5 Å². The van der Waals surface area contributed by atoms with E-state index in [0.29, 0.717) is 0 Å². The molecule has 0 fully saturated rings. The number of hydrogen-bond acceptors (Lipinski definition) is 2. The predicted octanol–water partition coefficient (Wildman–Crippen LogP) is 10.4. The van der Waals surface area contributed by atoms with Gasteiger partial charge in [0.1, 0.15) is 0 Å². The molecule has 0 atom stereocenters. The van der Waals surface area contributed by atoms with Gasteiger partial charge in [0, 0.05) is 22.1 Å². The molecule has 0 radical (unpaired) electrons. The lowest BCUT2D eigenvalue weighted by Gasteiger charge is -2.08. The van der Waals surface area contributed by atoms with Crippen LogP contribution in [0.2, 0.25) is 0 Å². The number of fused-ring (bicyclic) bond motifs is 8. The van der Waals surface area contributed by atoms with Crippen LogP contribution in [0.4, 0.5) is 0 Å². The number of benzene rings is 1. The van der Waals surface area contributed by atoms with Gasteiger partial charge in [-0.2, -0.15) is 0 Å². The van der Waals surface area contributed by atoms with E-state index in [2.05, 4.69) is 114 Å². The monoisotopic (exact) mass is 554 g/mol. The average molecular weight is 555 g/mol. The summed E-state index contributed by atoms with van der Waals surface area (Å²) in [5.41, 5.74) is 21.5. The second-order valence-electron chi connectivity index (χ2n) is 11.6. The molecule has 2 aliphatic rings. The van der Waals surface area contributed by atoms with Gasteiger partial charge in [-0.05, 0) is 122 Å². The van der Waals surface area contributed by atoms with Crippen molar-refractivity contribution in [2.45, 2.75) is 81.1 Å². The molecule has 1 aromatic carbocycles. The maximum absolute atomic E-state index is 5.40. The summed E-state index contributed by atoms with van der Waals surface area (Å²) in [7, 11) is 0. The molecule has 0 amide bonds. The van der Waals surface area contributed by atoms with E-state index in [1.54, 1.807) is 0 Å². The Bertz CT molecular complexity index is 1940. The van der Waals surface area contributed by atoms with E-state index in [4.69, 9.17) is 9.97 Å². The van der Waals surface area contributed by atoms with E-state index in [0.717, 1.165) is 76.1 Å². The van der Waals surface area contributed by atoms with Crippen LogP contribution in [-0.2, 0) is 12.8 Å². The molecule has 214 valence electrons. The molecule has 0 aliphatic carbocycles. The highest BCUT2D eigenvalue weighted by molar-refractivity contribution is 6.01. The van der Waals surface area contributed by atoms with Crippen molar-refractivity contribution in [3.05, 3.63) is 93.6 Å². The molecular weight excluding hydrogens is 512 g/mol. The predicted molar refractivity (Wildman–Crippen MR) is 180 cm³/mol. The molecule has 0 saturated heterocycles. The first-order valence-electron chi connectivity index (χ1n) is 15.5. The first kappa shape index (κ1) is 28.0. The number of allylic oxidation sites excluding steroid dienone is 4. The lowest BCUT2D eigenvalue weighted by atomic mass is 9.95. The zero-order valence-corrected chi connectivity index (χ0v) is 26.3. The van der Waals surface area contributed by atoms with Gasteiger partial charge in [0.15, 0.2) is 0 Å². The van der Waals surface area contributed by atoms with Gasteiger partial charge in [0.2, 0.25) is 0 Å². The number of aromatic nitrogens is 4. The Labute approximate surface area is 249 Å². The Hall–Kier alpha value is -4.18. The summed E-state index contributed by atoms with van der Waals surface area (Å²) in [5.74, 6) is 0. The van der Waals surface area contributed by atoms with E-state index in [1.165, 1.54) is 50.1 Å². The van der Waals surface area contributed by atoms with Gasteiger partial charge < -0.3 is 9.97 Å². The first-order valence-corrected chi connectivity index (χ1v) is 15.5. The van der Waals surface area contributed by atoms with Gasteiger partial charge in [-0.15, -0.1) is 0 Å². The van der Waals surface area contributed by atoms with Crippen LogP contribution < -0.4 is 0 Å². The lowest BCUT2D eigenvalue weighted by Crippen LogP contribution is -1.89. The molecule has 4 heteroatoms. The largest absolute Gasteiger partial charge is 0.355 e. The number of hydrogen-bond donors (Lipinski definition) is 2. The van der Waals surface area contributed by atoms with Gasteiger partial charge in [-0.25, -0.2) is 9.97 Å². The maximum Gasteiger partial charge on any atom is 0.0769 e. The quantitative estimate of drug-likeness (QED) is 0.258. The molecule has 42 heavy (non-hydrogen) atoms. The van der Waals surface area contributed by atoms with Crippen LogP contribution in [0.1, 0.15) is 99.4 Å². The molecule has 2 aliphatic heterocycles. The second-order valence-corrected chi connectivity index (χ2v) is 11.6. The number of H-pyrrole nitrogens is 2. The van der Waals surface area contributed by atoms with Crippen molar-refractivity contribution in [3.8, 4) is 11.1 Å². The average Bonchev–Trinajstić information content (AvgIpc) is 3.66. The van der Waals surface area contributed by atoms with Gasteiger partial charge in [-0.3, -0.25) is 0 Å². The molecule has 8 bridgehead atoms. The summed E-state index contributed by atoms with van der Waals surface area (Å²) in [5, 5.41) is 0. The van der Waals surface area contributed by atoms with Crippen molar-refractivity contribution in [2.75, 3.05) is 0 Å². The third-order valence-electron chi connectivity index (χ3n) is 9.41. The Morgan fingerprint density at radius 3 is 1.86 bits per heavy atom. The highest BCUT2D eigenvalue weighted by Crippen LogP contribution is 2.41. The van der Waals surface area contributed by atoms with Crippen LogP contribution in [0.3, 0.4) is 0 Å². The highest BCUT2D eigenvalue weighted by Gasteiger charge is 2.23. The van der Waals surface area contributed by atoms with Crippen molar-refractivity contribution in [3.63, 3.8) is 0 Å². The highest BCUT2D eigenvalue weighted by atomic mass is 14.8. The number of nitrogens with one attached hydrogen (secondary N) is 2. The molecule has 0 saturated carbocycles.